The van der Waals surface area contributed by atoms with Crippen molar-refractivity contribution in [3.8, 4) is 11.1 Å². The Morgan fingerprint density at radius 3 is 2.00 bits per heavy atom. The van der Waals surface area contributed by atoms with Crippen LogP contribution >= 0.6 is 0 Å². The molecule has 6 rings (SSSR count). The van der Waals surface area contributed by atoms with Crippen LogP contribution in [0, 0.1) is 10.1 Å². The summed E-state index contributed by atoms with van der Waals surface area (Å²) in [6.45, 7) is 2.71. The number of hydrogen-bond donors (Lipinski definition) is 0. The number of nitro groups is 1. The fourth-order valence-electron chi connectivity index (χ4n) is 5.67. The first-order valence-electron chi connectivity index (χ1n) is 11.5. The van der Waals surface area contributed by atoms with Gasteiger partial charge in [-0.3, -0.25) is 19.8 Å². The van der Waals surface area contributed by atoms with Gasteiger partial charge in [-0.15, -0.1) is 0 Å². The molecule has 1 aliphatic heterocycles. The van der Waals surface area contributed by atoms with Gasteiger partial charge in [0.1, 0.15) is 5.69 Å². The molecule has 34 heavy (non-hydrogen) atoms. The third-order valence-corrected chi connectivity index (χ3v) is 7.23. The minimum Gasteiger partial charge on any atom is -0.363 e. The molecule has 1 fully saturated rings. The molecule has 0 saturated carbocycles. The van der Waals surface area contributed by atoms with Crippen LogP contribution in [-0.4, -0.2) is 40.6 Å². The van der Waals surface area contributed by atoms with Crippen molar-refractivity contribution < 1.29 is 4.92 Å². The Labute approximate surface area is 196 Å². The van der Waals surface area contributed by atoms with E-state index in [4.69, 9.17) is 0 Å². The summed E-state index contributed by atoms with van der Waals surface area (Å²) in [6, 6.07) is 24.7. The second-order valence-corrected chi connectivity index (χ2v) is 8.94. The average molecular weight is 453 g/mol. The summed E-state index contributed by atoms with van der Waals surface area (Å²) in [4.78, 5) is 28.9. The van der Waals surface area contributed by atoms with Crippen molar-refractivity contribution in [3.05, 3.63) is 104 Å². The zero-order valence-corrected chi connectivity index (χ0v) is 18.8. The average Bonchev–Trinajstić information content (AvgIpc) is 3.20. The van der Waals surface area contributed by atoms with Gasteiger partial charge in [0.25, 0.3) is 0 Å². The molecule has 1 saturated heterocycles. The van der Waals surface area contributed by atoms with Gasteiger partial charge in [-0.1, -0.05) is 66.7 Å². The molecule has 3 aromatic carbocycles. The van der Waals surface area contributed by atoms with Gasteiger partial charge in [-0.25, -0.2) is 0 Å². The number of aromatic nitrogens is 1. The van der Waals surface area contributed by atoms with Crippen molar-refractivity contribution in [2.45, 2.75) is 6.04 Å². The molecule has 7 nitrogen and oxygen atoms in total. The lowest BCUT2D eigenvalue weighted by Gasteiger charge is -2.39. The number of nitrogens with zero attached hydrogens (tertiary/aromatic N) is 4. The van der Waals surface area contributed by atoms with Gasteiger partial charge < -0.3 is 9.47 Å². The third kappa shape index (κ3) is 2.97. The number of anilines is 1. The molecule has 0 spiro atoms. The molecular formula is C27H24N4O3. The Hall–Kier alpha value is -3.97. The van der Waals surface area contributed by atoms with E-state index in [2.05, 4.69) is 53.4 Å². The highest BCUT2D eigenvalue weighted by Gasteiger charge is 2.36. The van der Waals surface area contributed by atoms with Crippen LogP contribution in [0.25, 0.3) is 22.0 Å². The first-order chi connectivity index (χ1) is 16.6. The third-order valence-electron chi connectivity index (χ3n) is 7.23. The molecule has 0 unspecified atom stereocenters. The van der Waals surface area contributed by atoms with E-state index in [1.165, 1.54) is 26.8 Å². The molecule has 4 aromatic rings. The number of hydrogen-bond acceptors (Lipinski definition) is 5. The maximum Gasteiger partial charge on any atom is 0.357 e. The molecule has 2 aliphatic rings. The molecular weight excluding hydrogens is 428 g/mol. The smallest absolute Gasteiger partial charge is 0.357 e. The number of rotatable bonds is 3. The maximum atomic E-state index is 12.9. The standard InChI is InChI=1S/C27H24N4O3/c1-28-23-13-7-6-12-22(23)25(26(27(28)32)31(33)34)30-16-14-29(15-17-30)24-20-10-4-2-8-18(20)19-9-3-5-11-21(19)24/h2-13,24H,14-17H2,1H3. The fourth-order valence-corrected chi connectivity index (χ4v) is 5.67. The summed E-state index contributed by atoms with van der Waals surface area (Å²) >= 11 is 0. The SMILES string of the molecule is Cn1c(=O)c([N+](=O)[O-])c(N2CCN(C3c4ccccc4-c4ccccc43)CC2)c2ccccc21. The molecule has 1 aliphatic carbocycles. The van der Waals surface area contributed by atoms with Crippen LogP contribution in [0.1, 0.15) is 17.2 Å². The number of aryl methyl sites for hydroxylation is 1. The highest BCUT2D eigenvalue weighted by molar-refractivity contribution is 5.96. The van der Waals surface area contributed by atoms with Crippen molar-refractivity contribution in [1.82, 2.24) is 9.47 Å². The van der Waals surface area contributed by atoms with E-state index in [9.17, 15) is 14.9 Å². The van der Waals surface area contributed by atoms with E-state index in [0.717, 1.165) is 18.5 Å². The summed E-state index contributed by atoms with van der Waals surface area (Å²) < 4.78 is 1.37. The van der Waals surface area contributed by atoms with Crippen LogP contribution in [0.3, 0.4) is 0 Å². The molecule has 0 radical (unpaired) electrons. The molecule has 7 heteroatoms. The lowest BCUT2D eigenvalue weighted by atomic mass is 10.0. The predicted octanol–water partition coefficient (Wildman–Crippen LogP) is 4.34. The first-order valence-corrected chi connectivity index (χ1v) is 11.5. The first kappa shape index (κ1) is 20.6. The van der Waals surface area contributed by atoms with Crippen LogP contribution in [0.2, 0.25) is 0 Å². The Balaban J connectivity index is 1.38. The lowest BCUT2D eigenvalue weighted by Crippen LogP contribution is -2.48. The van der Waals surface area contributed by atoms with Gasteiger partial charge in [0.05, 0.1) is 16.5 Å². The van der Waals surface area contributed by atoms with Crippen LogP contribution in [-0.2, 0) is 7.05 Å². The normalized spacial score (nSPS) is 16.0. The van der Waals surface area contributed by atoms with E-state index in [-0.39, 0.29) is 11.7 Å². The molecule has 2 heterocycles. The highest BCUT2D eigenvalue weighted by Crippen LogP contribution is 2.46. The van der Waals surface area contributed by atoms with Crippen molar-refractivity contribution >= 4 is 22.3 Å². The fraction of sp³-hybridized carbons (Fsp3) is 0.222. The molecule has 0 bridgehead atoms. The Bertz CT molecular complexity index is 1460. The van der Waals surface area contributed by atoms with E-state index in [1.807, 2.05) is 29.2 Å². The summed E-state index contributed by atoms with van der Waals surface area (Å²) in [5.41, 5.74) is 5.40. The lowest BCUT2D eigenvalue weighted by molar-refractivity contribution is -0.385. The number of fused-ring (bicyclic) bond motifs is 4. The van der Waals surface area contributed by atoms with Gasteiger partial charge >= 0.3 is 11.2 Å². The maximum absolute atomic E-state index is 12.9. The van der Waals surface area contributed by atoms with Gasteiger partial charge in [0.15, 0.2) is 0 Å². The largest absolute Gasteiger partial charge is 0.363 e. The molecule has 0 amide bonds. The highest BCUT2D eigenvalue weighted by atomic mass is 16.6. The molecule has 0 N–H and O–H groups in total. The number of pyridine rings is 1. The Kier molecular flexibility index (Phi) is 4.74. The number of benzene rings is 3. The Morgan fingerprint density at radius 2 is 1.38 bits per heavy atom. The van der Waals surface area contributed by atoms with Crippen LogP contribution in [0.15, 0.2) is 77.6 Å². The van der Waals surface area contributed by atoms with Gasteiger partial charge in [-0.05, 0) is 28.3 Å². The van der Waals surface area contributed by atoms with Crippen molar-refractivity contribution in [2.24, 2.45) is 7.05 Å². The number of para-hydroxylation sites is 1. The number of piperazine rings is 1. The molecule has 1 aromatic heterocycles. The van der Waals surface area contributed by atoms with Crippen molar-refractivity contribution in [2.75, 3.05) is 31.1 Å². The quantitative estimate of drug-likeness (QED) is 0.342. The van der Waals surface area contributed by atoms with Gasteiger partial charge in [0.2, 0.25) is 0 Å². The van der Waals surface area contributed by atoms with Crippen molar-refractivity contribution in [3.63, 3.8) is 0 Å². The zero-order chi connectivity index (χ0) is 23.4. The van der Waals surface area contributed by atoms with E-state index >= 15 is 0 Å². The predicted molar refractivity (Wildman–Crippen MR) is 133 cm³/mol. The summed E-state index contributed by atoms with van der Waals surface area (Å²) in [5, 5.41) is 12.7. The van der Waals surface area contributed by atoms with Crippen molar-refractivity contribution in [1.29, 1.82) is 0 Å². The topological polar surface area (TPSA) is 71.6 Å². The summed E-state index contributed by atoms with van der Waals surface area (Å²) in [5.74, 6) is 0. The monoisotopic (exact) mass is 452 g/mol. The van der Waals surface area contributed by atoms with Gasteiger partial charge in [-0.2, -0.15) is 0 Å². The molecule has 0 atom stereocenters. The Morgan fingerprint density at radius 1 is 0.824 bits per heavy atom. The summed E-state index contributed by atoms with van der Waals surface area (Å²) in [7, 11) is 1.59. The minimum atomic E-state index is -0.570. The summed E-state index contributed by atoms with van der Waals surface area (Å²) in [6.07, 6.45) is 0. The van der Waals surface area contributed by atoms with Crippen LogP contribution in [0.4, 0.5) is 11.4 Å². The zero-order valence-electron chi connectivity index (χ0n) is 18.8. The second kappa shape index (κ2) is 7.81. The second-order valence-electron chi connectivity index (χ2n) is 8.94. The van der Waals surface area contributed by atoms with E-state index < -0.39 is 10.5 Å². The van der Waals surface area contributed by atoms with Crippen LogP contribution in [0.5, 0.6) is 0 Å². The van der Waals surface area contributed by atoms with Gasteiger partial charge in [0, 0.05) is 38.6 Å². The minimum absolute atomic E-state index is 0.171. The molecule has 170 valence electrons. The van der Waals surface area contributed by atoms with E-state index in [1.54, 1.807) is 7.05 Å². The van der Waals surface area contributed by atoms with E-state index in [0.29, 0.717) is 24.3 Å². The van der Waals surface area contributed by atoms with Crippen LogP contribution < -0.4 is 10.5 Å².